The summed E-state index contributed by atoms with van der Waals surface area (Å²) in [5.41, 5.74) is 4.95. The molecule has 130 valence electrons. The second kappa shape index (κ2) is 7.31. The number of hydrogen-bond donors (Lipinski definition) is 0. The van der Waals surface area contributed by atoms with E-state index in [4.69, 9.17) is 0 Å². The lowest BCUT2D eigenvalue weighted by molar-refractivity contribution is 0.915. The minimum Gasteiger partial charge on any atom is -0.370 e. The second-order valence-corrected chi connectivity index (χ2v) is 6.59. The second-order valence-electron chi connectivity index (χ2n) is 6.59. The number of anilines is 1. The highest BCUT2D eigenvalue weighted by atomic mass is 15.1. The van der Waals surface area contributed by atoms with E-state index < -0.39 is 0 Å². The molecule has 4 rings (SSSR count). The highest BCUT2D eigenvalue weighted by molar-refractivity contribution is 5.98. The fraction of sp³-hybridized carbons (Fsp3) is 0.0833. The smallest absolute Gasteiger partial charge is 0.0998 e. The predicted molar refractivity (Wildman–Crippen MR) is 110 cm³/mol. The zero-order chi connectivity index (χ0) is 18.6. The molecule has 0 saturated carbocycles. The summed E-state index contributed by atoms with van der Waals surface area (Å²) in [6, 6.07) is 26.9. The Morgan fingerprint density at radius 2 is 1.78 bits per heavy atom. The number of rotatable bonds is 4. The van der Waals surface area contributed by atoms with Gasteiger partial charge < -0.3 is 4.90 Å². The molecule has 0 aliphatic heterocycles. The third-order valence-electron chi connectivity index (χ3n) is 4.79. The molecule has 3 nitrogen and oxygen atoms in total. The number of aromatic nitrogens is 1. The van der Waals surface area contributed by atoms with Crippen LogP contribution in [0.4, 0.5) is 5.69 Å². The van der Waals surface area contributed by atoms with Crippen molar-refractivity contribution in [3.05, 3.63) is 96.3 Å². The average Bonchev–Trinajstić information content (AvgIpc) is 2.73. The molecule has 27 heavy (non-hydrogen) atoms. The number of pyridine rings is 1. The van der Waals surface area contributed by atoms with E-state index in [1.54, 1.807) is 6.20 Å². The Bertz CT molecular complexity index is 1120. The van der Waals surface area contributed by atoms with Crippen LogP contribution >= 0.6 is 0 Å². The first-order valence-corrected chi connectivity index (χ1v) is 8.88. The average molecular weight is 349 g/mol. The maximum Gasteiger partial charge on any atom is 0.0998 e. The van der Waals surface area contributed by atoms with Gasteiger partial charge in [-0.15, -0.1) is 0 Å². The molecule has 0 amide bonds. The Morgan fingerprint density at radius 3 is 2.59 bits per heavy atom. The van der Waals surface area contributed by atoms with Gasteiger partial charge in [0, 0.05) is 37.2 Å². The highest BCUT2D eigenvalue weighted by Crippen LogP contribution is 2.33. The lowest BCUT2D eigenvalue weighted by Gasteiger charge is -2.21. The van der Waals surface area contributed by atoms with E-state index in [1.165, 1.54) is 5.39 Å². The molecule has 0 aliphatic carbocycles. The molecule has 0 spiro atoms. The van der Waals surface area contributed by atoms with Gasteiger partial charge in [-0.2, -0.15) is 5.26 Å². The van der Waals surface area contributed by atoms with Crippen molar-refractivity contribution in [1.82, 2.24) is 4.98 Å². The SMILES string of the molecule is CN(Cc1cccnc1)c1ccc(C#N)c(-c2cccc3ccccc23)c1. The molecular formula is C24H19N3. The first kappa shape index (κ1) is 16.8. The molecule has 0 fully saturated rings. The number of fused-ring (bicyclic) bond motifs is 1. The number of hydrogen-bond acceptors (Lipinski definition) is 3. The summed E-state index contributed by atoms with van der Waals surface area (Å²) in [7, 11) is 2.06. The molecular weight excluding hydrogens is 330 g/mol. The van der Waals surface area contributed by atoms with Gasteiger partial charge in [-0.3, -0.25) is 4.98 Å². The Balaban J connectivity index is 1.79. The molecule has 1 aromatic heterocycles. The Labute approximate surface area is 159 Å². The van der Waals surface area contributed by atoms with E-state index >= 15 is 0 Å². The lowest BCUT2D eigenvalue weighted by atomic mass is 9.94. The Kier molecular flexibility index (Phi) is 4.55. The molecule has 0 saturated heterocycles. The van der Waals surface area contributed by atoms with E-state index in [2.05, 4.69) is 59.4 Å². The topological polar surface area (TPSA) is 39.9 Å². The fourth-order valence-corrected chi connectivity index (χ4v) is 3.41. The molecule has 0 radical (unpaired) electrons. The van der Waals surface area contributed by atoms with E-state index in [-0.39, 0.29) is 0 Å². The van der Waals surface area contributed by atoms with E-state index in [0.717, 1.165) is 34.3 Å². The normalized spacial score (nSPS) is 10.5. The summed E-state index contributed by atoms with van der Waals surface area (Å²) in [6.45, 7) is 0.759. The monoisotopic (exact) mass is 349 g/mol. The van der Waals surface area contributed by atoms with Gasteiger partial charge in [0.15, 0.2) is 0 Å². The van der Waals surface area contributed by atoms with Crippen LogP contribution < -0.4 is 4.90 Å². The predicted octanol–water partition coefficient (Wildman–Crippen LogP) is 5.41. The van der Waals surface area contributed by atoms with Crippen LogP contribution in [0.1, 0.15) is 11.1 Å². The van der Waals surface area contributed by atoms with Gasteiger partial charge in [-0.1, -0.05) is 48.5 Å². The van der Waals surface area contributed by atoms with E-state index in [9.17, 15) is 5.26 Å². The van der Waals surface area contributed by atoms with Gasteiger partial charge in [0.25, 0.3) is 0 Å². The Morgan fingerprint density at radius 1 is 0.926 bits per heavy atom. The number of nitrogens with zero attached hydrogens (tertiary/aromatic N) is 3. The van der Waals surface area contributed by atoms with Crippen molar-refractivity contribution in [3.63, 3.8) is 0 Å². The minimum absolute atomic E-state index is 0.685. The largest absolute Gasteiger partial charge is 0.370 e. The molecule has 0 atom stereocenters. The van der Waals surface area contributed by atoms with Gasteiger partial charge >= 0.3 is 0 Å². The highest BCUT2D eigenvalue weighted by Gasteiger charge is 2.11. The van der Waals surface area contributed by atoms with Crippen LogP contribution in [0.15, 0.2) is 85.2 Å². The van der Waals surface area contributed by atoms with Crippen molar-refractivity contribution in [2.45, 2.75) is 6.54 Å². The first-order valence-electron chi connectivity index (χ1n) is 8.88. The van der Waals surface area contributed by atoms with Crippen molar-refractivity contribution in [1.29, 1.82) is 5.26 Å². The minimum atomic E-state index is 0.685. The van der Waals surface area contributed by atoms with Gasteiger partial charge in [0.05, 0.1) is 11.6 Å². The summed E-state index contributed by atoms with van der Waals surface area (Å²) < 4.78 is 0. The standard InChI is InChI=1S/C24H19N3/c1-27(17-18-6-5-13-26-16-18)21-12-11-20(15-25)24(14-21)23-10-4-8-19-7-2-3-9-22(19)23/h2-14,16H,17H2,1H3. The van der Waals surface area contributed by atoms with Crippen molar-refractivity contribution in [3.8, 4) is 17.2 Å². The fourth-order valence-electron chi connectivity index (χ4n) is 3.41. The maximum absolute atomic E-state index is 9.64. The van der Waals surface area contributed by atoms with Gasteiger partial charge in [0.2, 0.25) is 0 Å². The molecule has 0 N–H and O–H groups in total. The zero-order valence-corrected chi connectivity index (χ0v) is 15.1. The molecule has 3 aromatic carbocycles. The van der Waals surface area contributed by atoms with Crippen molar-refractivity contribution < 1.29 is 0 Å². The third kappa shape index (κ3) is 3.38. The van der Waals surface area contributed by atoms with Crippen LogP contribution in [0.5, 0.6) is 0 Å². The molecule has 0 bridgehead atoms. The summed E-state index contributed by atoms with van der Waals surface area (Å²) in [4.78, 5) is 6.36. The molecule has 0 aliphatic rings. The van der Waals surface area contributed by atoms with Gasteiger partial charge in [0.1, 0.15) is 0 Å². The van der Waals surface area contributed by atoms with Crippen LogP contribution in [-0.2, 0) is 6.54 Å². The van der Waals surface area contributed by atoms with E-state index in [1.807, 2.05) is 42.6 Å². The molecule has 3 heteroatoms. The van der Waals surface area contributed by atoms with Crippen LogP contribution in [0.25, 0.3) is 21.9 Å². The summed E-state index contributed by atoms with van der Waals surface area (Å²) in [5, 5.41) is 12.0. The third-order valence-corrected chi connectivity index (χ3v) is 4.79. The van der Waals surface area contributed by atoms with E-state index in [0.29, 0.717) is 5.56 Å². The molecule has 1 heterocycles. The summed E-state index contributed by atoms with van der Waals surface area (Å²) in [5.74, 6) is 0. The van der Waals surface area contributed by atoms with Crippen LogP contribution in [0, 0.1) is 11.3 Å². The zero-order valence-electron chi connectivity index (χ0n) is 15.1. The Hall–Kier alpha value is -3.64. The summed E-state index contributed by atoms with van der Waals surface area (Å²) >= 11 is 0. The van der Waals surface area contributed by atoms with Crippen molar-refractivity contribution in [2.75, 3.05) is 11.9 Å². The van der Waals surface area contributed by atoms with Crippen molar-refractivity contribution in [2.24, 2.45) is 0 Å². The number of benzene rings is 3. The van der Waals surface area contributed by atoms with Crippen LogP contribution in [0.2, 0.25) is 0 Å². The first-order chi connectivity index (χ1) is 13.3. The lowest BCUT2D eigenvalue weighted by Crippen LogP contribution is -2.16. The molecule has 4 aromatic rings. The van der Waals surface area contributed by atoms with Gasteiger partial charge in [-0.05, 0) is 46.2 Å². The van der Waals surface area contributed by atoms with Crippen LogP contribution in [-0.4, -0.2) is 12.0 Å². The van der Waals surface area contributed by atoms with Crippen LogP contribution in [0.3, 0.4) is 0 Å². The maximum atomic E-state index is 9.64. The number of nitriles is 1. The summed E-state index contributed by atoms with van der Waals surface area (Å²) in [6.07, 6.45) is 3.66. The quantitative estimate of drug-likeness (QED) is 0.494. The van der Waals surface area contributed by atoms with Crippen molar-refractivity contribution >= 4 is 16.5 Å². The molecule has 0 unspecified atom stereocenters. The van der Waals surface area contributed by atoms with Gasteiger partial charge in [-0.25, -0.2) is 0 Å².